The van der Waals surface area contributed by atoms with Crippen molar-refractivity contribution in [1.82, 2.24) is 10.1 Å². The summed E-state index contributed by atoms with van der Waals surface area (Å²) in [7, 11) is 0. The van der Waals surface area contributed by atoms with Gasteiger partial charge in [-0.15, -0.1) is 0 Å². The monoisotopic (exact) mass is 376 g/mol. The average Bonchev–Trinajstić information content (AvgIpc) is 3.27. The summed E-state index contributed by atoms with van der Waals surface area (Å²) in [5.74, 6) is 0.811. The molecule has 0 aliphatic carbocycles. The molecule has 0 unspecified atom stereocenters. The summed E-state index contributed by atoms with van der Waals surface area (Å²) in [5.41, 5.74) is 10.1. The number of aromatic nitrogens is 2. The van der Waals surface area contributed by atoms with Gasteiger partial charge in [-0.05, 0) is 35.6 Å². The van der Waals surface area contributed by atoms with E-state index >= 15 is 0 Å². The number of primary amides is 1. The zero-order chi connectivity index (χ0) is 19.5. The highest BCUT2D eigenvalue weighted by Crippen LogP contribution is 2.24. The molecule has 0 bridgehead atoms. The first-order valence-electron chi connectivity index (χ1n) is 9.19. The Morgan fingerprint density at radius 3 is 2.68 bits per heavy atom. The Hall–Kier alpha value is -3.48. The summed E-state index contributed by atoms with van der Waals surface area (Å²) in [4.78, 5) is 26.8. The van der Waals surface area contributed by atoms with Crippen molar-refractivity contribution in [1.29, 1.82) is 0 Å². The van der Waals surface area contributed by atoms with E-state index < -0.39 is 0 Å². The SMILES string of the molecule is NC(=O)Cc1ccc(-c2noc(CCCc3ccc4c(c3)CC(=O)N4)n2)cc1. The van der Waals surface area contributed by atoms with Crippen molar-refractivity contribution in [3.8, 4) is 11.4 Å². The molecule has 28 heavy (non-hydrogen) atoms. The average molecular weight is 376 g/mol. The predicted octanol–water partition coefficient (Wildman–Crippen LogP) is 2.43. The molecule has 142 valence electrons. The zero-order valence-electron chi connectivity index (χ0n) is 15.3. The van der Waals surface area contributed by atoms with E-state index in [4.69, 9.17) is 10.3 Å². The third kappa shape index (κ3) is 4.09. The Kier molecular flexibility index (Phi) is 4.89. The van der Waals surface area contributed by atoms with Crippen LogP contribution in [0.4, 0.5) is 5.69 Å². The first-order chi connectivity index (χ1) is 13.6. The van der Waals surface area contributed by atoms with Crippen molar-refractivity contribution in [3.05, 3.63) is 65.0 Å². The van der Waals surface area contributed by atoms with Gasteiger partial charge < -0.3 is 15.6 Å². The van der Waals surface area contributed by atoms with Crippen molar-refractivity contribution >= 4 is 17.5 Å². The third-order valence-corrected chi connectivity index (χ3v) is 4.71. The molecule has 1 aromatic heterocycles. The quantitative estimate of drug-likeness (QED) is 0.658. The van der Waals surface area contributed by atoms with Crippen molar-refractivity contribution in [2.45, 2.75) is 32.1 Å². The summed E-state index contributed by atoms with van der Waals surface area (Å²) >= 11 is 0. The normalized spacial score (nSPS) is 12.6. The highest BCUT2D eigenvalue weighted by atomic mass is 16.5. The highest BCUT2D eigenvalue weighted by molar-refractivity contribution is 5.99. The number of nitrogens with two attached hydrogens (primary N) is 1. The van der Waals surface area contributed by atoms with Crippen LogP contribution in [0.2, 0.25) is 0 Å². The van der Waals surface area contributed by atoms with E-state index in [1.807, 2.05) is 36.4 Å². The van der Waals surface area contributed by atoms with Crippen LogP contribution in [0.25, 0.3) is 11.4 Å². The van der Waals surface area contributed by atoms with E-state index in [1.165, 1.54) is 5.56 Å². The smallest absolute Gasteiger partial charge is 0.228 e. The number of carbonyl (C=O) groups is 2. The van der Waals surface area contributed by atoms with Crippen LogP contribution >= 0.6 is 0 Å². The highest BCUT2D eigenvalue weighted by Gasteiger charge is 2.17. The Labute approximate surface area is 161 Å². The van der Waals surface area contributed by atoms with E-state index in [0.717, 1.165) is 35.2 Å². The summed E-state index contributed by atoms with van der Waals surface area (Å²) in [6.07, 6.45) is 3.10. The van der Waals surface area contributed by atoms with Crippen molar-refractivity contribution in [2.75, 3.05) is 5.32 Å². The minimum Gasteiger partial charge on any atom is -0.369 e. The van der Waals surface area contributed by atoms with Crippen LogP contribution in [0.15, 0.2) is 47.0 Å². The van der Waals surface area contributed by atoms with Gasteiger partial charge >= 0.3 is 0 Å². The lowest BCUT2D eigenvalue weighted by atomic mass is 10.0. The van der Waals surface area contributed by atoms with Crippen LogP contribution in [0, 0.1) is 0 Å². The van der Waals surface area contributed by atoms with Crippen LogP contribution in [0.5, 0.6) is 0 Å². The van der Waals surface area contributed by atoms with E-state index in [9.17, 15) is 9.59 Å². The molecule has 7 heteroatoms. The maximum Gasteiger partial charge on any atom is 0.228 e. The minimum atomic E-state index is -0.360. The molecule has 4 rings (SSSR count). The van der Waals surface area contributed by atoms with Gasteiger partial charge in [0.2, 0.25) is 23.5 Å². The van der Waals surface area contributed by atoms with E-state index in [1.54, 1.807) is 0 Å². The largest absolute Gasteiger partial charge is 0.369 e. The van der Waals surface area contributed by atoms with E-state index in [0.29, 0.717) is 24.6 Å². The fraction of sp³-hybridized carbons (Fsp3) is 0.238. The van der Waals surface area contributed by atoms with Crippen molar-refractivity contribution in [2.24, 2.45) is 5.73 Å². The number of amides is 2. The molecule has 3 aromatic rings. The molecule has 0 fully saturated rings. The molecular weight excluding hydrogens is 356 g/mol. The standard InChI is InChI=1S/C21H20N4O3/c22-18(26)11-14-4-7-15(8-5-14)21-24-20(28-25-21)3-1-2-13-6-9-17-16(10-13)12-19(27)23-17/h4-10H,1-3,11-12H2,(H2,22,26)(H,23,27). The van der Waals surface area contributed by atoms with Crippen molar-refractivity contribution < 1.29 is 14.1 Å². The van der Waals surface area contributed by atoms with Crippen LogP contribution in [-0.2, 0) is 35.3 Å². The Balaban J connectivity index is 1.33. The first-order valence-corrected chi connectivity index (χ1v) is 9.19. The van der Waals surface area contributed by atoms with Gasteiger partial charge in [0.15, 0.2) is 0 Å². The fourth-order valence-electron chi connectivity index (χ4n) is 3.33. The molecule has 0 radical (unpaired) electrons. The third-order valence-electron chi connectivity index (χ3n) is 4.71. The van der Waals surface area contributed by atoms with Gasteiger partial charge in [0.05, 0.1) is 12.8 Å². The lowest BCUT2D eigenvalue weighted by Crippen LogP contribution is -2.13. The van der Waals surface area contributed by atoms with Gasteiger partial charge in [-0.25, -0.2) is 0 Å². The lowest BCUT2D eigenvalue weighted by Gasteiger charge is -2.03. The number of anilines is 1. The fourth-order valence-corrected chi connectivity index (χ4v) is 3.33. The Bertz CT molecular complexity index is 1020. The minimum absolute atomic E-state index is 0.0493. The second kappa shape index (κ2) is 7.64. The number of nitrogens with zero attached hydrogens (tertiary/aromatic N) is 2. The molecule has 0 saturated heterocycles. The number of nitrogens with one attached hydrogen (secondary N) is 1. The van der Waals surface area contributed by atoms with Gasteiger partial charge in [-0.3, -0.25) is 9.59 Å². The molecule has 0 spiro atoms. The van der Waals surface area contributed by atoms with Gasteiger partial charge in [0.25, 0.3) is 0 Å². The molecule has 0 saturated carbocycles. The van der Waals surface area contributed by atoms with Crippen LogP contribution < -0.4 is 11.1 Å². The second-order valence-corrected chi connectivity index (χ2v) is 6.92. The number of fused-ring (bicyclic) bond motifs is 1. The summed E-state index contributed by atoms with van der Waals surface area (Å²) < 4.78 is 5.35. The Morgan fingerprint density at radius 1 is 1.11 bits per heavy atom. The zero-order valence-corrected chi connectivity index (χ0v) is 15.3. The first kappa shape index (κ1) is 17.9. The number of carbonyl (C=O) groups excluding carboxylic acids is 2. The number of hydrogen-bond acceptors (Lipinski definition) is 5. The van der Waals surface area contributed by atoms with E-state index in [2.05, 4.69) is 21.5 Å². The van der Waals surface area contributed by atoms with Crippen LogP contribution in [0.1, 0.15) is 29.0 Å². The molecule has 1 aliphatic heterocycles. The molecule has 3 N–H and O–H groups in total. The summed E-state index contributed by atoms with van der Waals surface area (Å²) in [6.45, 7) is 0. The van der Waals surface area contributed by atoms with Crippen molar-refractivity contribution in [3.63, 3.8) is 0 Å². The number of rotatable bonds is 7. The number of benzene rings is 2. The summed E-state index contributed by atoms with van der Waals surface area (Å²) in [5, 5.41) is 6.88. The molecule has 7 nitrogen and oxygen atoms in total. The van der Waals surface area contributed by atoms with Crippen LogP contribution in [0.3, 0.4) is 0 Å². The molecule has 2 amide bonds. The summed E-state index contributed by atoms with van der Waals surface area (Å²) in [6, 6.07) is 13.5. The number of aryl methyl sites for hydroxylation is 2. The molecule has 1 aliphatic rings. The second-order valence-electron chi connectivity index (χ2n) is 6.92. The van der Waals surface area contributed by atoms with Gasteiger partial charge in [-0.2, -0.15) is 4.98 Å². The predicted molar refractivity (Wildman–Crippen MR) is 103 cm³/mol. The maximum absolute atomic E-state index is 11.4. The van der Waals surface area contributed by atoms with Gasteiger partial charge in [-0.1, -0.05) is 41.6 Å². The Morgan fingerprint density at radius 2 is 1.89 bits per heavy atom. The molecule has 2 aromatic carbocycles. The number of hydrogen-bond donors (Lipinski definition) is 2. The molecule has 0 atom stereocenters. The van der Waals surface area contributed by atoms with Gasteiger partial charge in [0.1, 0.15) is 0 Å². The molecule has 2 heterocycles. The molecular formula is C21H20N4O3. The lowest BCUT2D eigenvalue weighted by molar-refractivity contribution is -0.117. The van der Waals surface area contributed by atoms with Gasteiger partial charge in [0, 0.05) is 17.7 Å². The van der Waals surface area contributed by atoms with Crippen LogP contribution in [-0.4, -0.2) is 22.0 Å². The maximum atomic E-state index is 11.4. The van der Waals surface area contributed by atoms with E-state index in [-0.39, 0.29) is 18.2 Å². The topological polar surface area (TPSA) is 111 Å².